The molecular formula is C46H53N9O6. The number of rotatable bonds is 7. The van der Waals surface area contributed by atoms with E-state index in [-0.39, 0.29) is 42.4 Å². The van der Waals surface area contributed by atoms with Gasteiger partial charge in [-0.25, -0.2) is 20.4 Å². The first kappa shape index (κ1) is 41.4. The molecule has 8 bridgehead atoms. The molecule has 2 fully saturated rings. The second-order valence-electron chi connectivity index (χ2n) is 17.6. The molecular weight excluding hydrogens is 775 g/mol. The van der Waals surface area contributed by atoms with Gasteiger partial charge in [0, 0.05) is 67.4 Å². The third-order valence-corrected chi connectivity index (χ3v) is 12.4. The van der Waals surface area contributed by atoms with Crippen molar-refractivity contribution in [3.8, 4) is 28.1 Å². The average Bonchev–Trinajstić information content (AvgIpc) is 4.03. The summed E-state index contributed by atoms with van der Waals surface area (Å²) in [5, 5.41) is 16.7. The molecule has 2 saturated heterocycles. The smallest absolute Gasteiger partial charge is 0.259 e. The molecule has 2 aromatic carbocycles. The molecule has 0 spiro atoms. The quantitative estimate of drug-likeness (QED) is 0.158. The van der Waals surface area contributed by atoms with Gasteiger partial charge in [-0.15, -0.1) is 0 Å². The van der Waals surface area contributed by atoms with Gasteiger partial charge in [0.1, 0.15) is 36.0 Å². The number of fused-ring (bicyclic) bond motifs is 9. The van der Waals surface area contributed by atoms with Crippen molar-refractivity contribution in [3.05, 3.63) is 96.7 Å². The van der Waals surface area contributed by atoms with Crippen molar-refractivity contribution < 1.29 is 28.7 Å². The number of hydrogen-bond donors (Lipinski definition) is 4. The van der Waals surface area contributed by atoms with Crippen molar-refractivity contribution in [1.82, 2.24) is 45.5 Å². The van der Waals surface area contributed by atoms with E-state index in [0.29, 0.717) is 56.0 Å². The van der Waals surface area contributed by atoms with Crippen LogP contribution in [0.2, 0.25) is 0 Å². The van der Waals surface area contributed by atoms with E-state index in [0.717, 1.165) is 38.9 Å². The zero-order valence-electron chi connectivity index (χ0n) is 35.3. The van der Waals surface area contributed by atoms with Crippen LogP contribution in [0, 0.1) is 11.8 Å². The number of phenolic OH excluding ortho intramolecular Hbond substituents is 1. The van der Waals surface area contributed by atoms with Gasteiger partial charge in [0.05, 0.1) is 17.8 Å². The molecule has 0 aliphatic carbocycles. The van der Waals surface area contributed by atoms with E-state index < -0.39 is 35.4 Å². The molecule has 5 aromatic rings. The second-order valence-corrected chi connectivity index (χ2v) is 17.6. The number of hydrogen-bond acceptors (Lipinski definition) is 10. The minimum absolute atomic E-state index is 0.0119. The molecule has 318 valence electrons. The van der Waals surface area contributed by atoms with Gasteiger partial charge < -0.3 is 29.6 Å². The molecule has 1 unspecified atom stereocenters. The summed E-state index contributed by atoms with van der Waals surface area (Å²) in [7, 11) is 1.60. The standard InChI is InChI=1S/C46H53N9O6/c1-7-39(57)54-14-12-29(24-54)44(59)53(6)41(26(2)3)42(58)51-37-17-27-15-30(18-32(56)16-27)28-10-11-35-33(19-28)34(40(50-35)31-21-47-25-48-22-31)20-46(4,5)38-23-49-43(61-38)36-9-8-13-55(52-36)45(37)60/h7,10-11,15-16,18-19,21-23,25-26,29,36-37,41,50,52,56H,1,8-9,12-14,17,20,24H2,2-6H3,(H,51,58)/t29?,36-,37-,41-/m0/s1. The van der Waals surface area contributed by atoms with Gasteiger partial charge in [0.2, 0.25) is 23.6 Å². The van der Waals surface area contributed by atoms with Crippen molar-refractivity contribution in [1.29, 1.82) is 0 Å². The number of phenols is 1. The molecule has 3 aliphatic rings. The third kappa shape index (κ3) is 8.26. The van der Waals surface area contributed by atoms with Crippen molar-refractivity contribution >= 4 is 34.5 Å². The number of amides is 4. The highest BCUT2D eigenvalue weighted by atomic mass is 16.4. The van der Waals surface area contributed by atoms with Crippen molar-refractivity contribution in [2.45, 2.75) is 83.3 Å². The summed E-state index contributed by atoms with van der Waals surface area (Å²) in [6.07, 6.45) is 10.5. The lowest BCUT2D eigenvalue weighted by Gasteiger charge is -2.36. The van der Waals surface area contributed by atoms with E-state index in [4.69, 9.17) is 9.40 Å². The molecule has 0 radical (unpaired) electrons. The van der Waals surface area contributed by atoms with Crippen molar-refractivity contribution in [3.63, 3.8) is 0 Å². The minimum Gasteiger partial charge on any atom is -0.508 e. The van der Waals surface area contributed by atoms with Gasteiger partial charge in [-0.2, -0.15) is 0 Å². The fourth-order valence-corrected chi connectivity index (χ4v) is 9.18. The van der Waals surface area contributed by atoms with Crippen LogP contribution in [-0.2, 0) is 37.4 Å². The molecule has 15 heteroatoms. The molecule has 61 heavy (non-hydrogen) atoms. The normalized spacial score (nSPS) is 20.6. The summed E-state index contributed by atoms with van der Waals surface area (Å²) in [6.45, 7) is 12.6. The third-order valence-electron chi connectivity index (χ3n) is 12.4. The number of aromatic amines is 1. The van der Waals surface area contributed by atoms with Crippen LogP contribution in [0.4, 0.5) is 0 Å². The first-order valence-electron chi connectivity index (χ1n) is 21.0. The summed E-state index contributed by atoms with van der Waals surface area (Å²) in [4.78, 5) is 75.3. The predicted octanol–water partition coefficient (Wildman–Crippen LogP) is 5.23. The molecule has 6 heterocycles. The Morgan fingerprint density at radius 3 is 2.59 bits per heavy atom. The van der Waals surface area contributed by atoms with Crippen LogP contribution in [0.5, 0.6) is 5.75 Å². The van der Waals surface area contributed by atoms with Gasteiger partial charge in [0.15, 0.2) is 0 Å². The average molecular weight is 828 g/mol. The van der Waals surface area contributed by atoms with E-state index in [1.54, 1.807) is 42.7 Å². The Morgan fingerprint density at radius 1 is 1.05 bits per heavy atom. The maximum absolute atomic E-state index is 14.7. The van der Waals surface area contributed by atoms with Crippen LogP contribution in [0.1, 0.15) is 75.8 Å². The van der Waals surface area contributed by atoms with Crippen molar-refractivity contribution in [2.24, 2.45) is 11.8 Å². The summed E-state index contributed by atoms with van der Waals surface area (Å²) < 4.78 is 6.54. The highest BCUT2D eigenvalue weighted by Gasteiger charge is 2.40. The molecule has 15 nitrogen and oxygen atoms in total. The van der Waals surface area contributed by atoms with Gasteiger partial charge in [-0.1, -0.05) is 46.4 Å². The zero-order chi connectivity index (χ0) is 43.2. The number of likely N-dealkylation sites (tertiary alicyclic amines) is 1. The second kappa shape index (κ2) is 16.6. The lowest BCUT2D eigenvalue weighted by Crippen LogP contribution is -2.60. The fourth-order valence-electron chi connectivity index (χ4n) is 9.18. The number of H-pyrrole nitrogens is 1. The number of nitrogens with one attached hydrogen (secondary N) is 3. The number of likely N-dealkylation sites (N-methyl/N-ethyl adjacent to an activating group) is 1. The number of aromatic nitrogens is 4. The Morgan fingerprint density at radius 2 is 1.84 bits per heavy atom. The SMILES string of the molecule is C=CC(=O)N1CCC(C(=O)N(C)[C@H](C(=O)N[C@H]2Cc3cc(O)cc(c3)-c3ccc4[nH]c(-c5cncnc5)c(c4c3)CC(C)(C)c3cnc(o3)[C@@H]3CCCN(N3)C2=O)C(C)C)C1. The monoisotopic (exact) mass is 827 g/mol. The van der Waals surface area contributed by atoms with E-state index >= 15 is 0 Å². The number of oxazole rings is 1. The highest BCUT2D eigenvalue weighted by Crippen LogP contribution is 2.40. The van der Waals surface area contributed by atoms with Crippen LogP contribution >= 0.6 is 0 Å². The first-order chi connectivity index (χ1) is 29.2. The van der Waals surface area contributed by atoms with Gasteiger partial charge in [-0.3, -0.25) is 24.2 Å². The minimum atomic E-state index is -1.09. The lowest BCUT2D eigenvalue weighted by molar-refractivity contribution is -0.146. The molecule has 4 atom stereocenters. The topological polar surface area (TPSA) is 190 Å². The first-order valence-corrected chi connectivity index (χ1v) is 21.0. The van der Waals surface area contributed by atoms with E-state index in [9.17, 15) is 24.3 Å². The molecule has 4 amide bonds. The fraction of sp³-hybridized carbons (Fsp3) is 0.413. The molecule has 8 rings (SSSR count). The number of carbonyl (C=O) groups excluding carboxylic acids is 4. The summed E-state index contributed by atoms with van der Waals surface area (Å²) >= 11 is 0. The van der Waals surface area contributed by atoms with Gasteiger partial charge in [-0.05, 0) is 84.2 Å². The van der Waals surface area contributed by atoms with Crippen LogP contribution in [0.3, 0.4) is 0 Å². The van der Waals surface area contributed by atoms with Crippen molar-refractivity contribution in [2.75, 3.05) is 26.7 Å². The molecule has 3 aromatic heterocycles. The maximum Gasteiger partial charge on any atom is 0.259 e. The van der Waals surface area contributed by atoms with Gasteiger partial charge in [0.25, 0.3) is 5.91 Å². The number of carbonyl (C=O) groups is 4. The largest absolute Gasteiger partial charge is 0.508 e. The molecule has 3 aliphatic heterocycles. The Bertz CT molecular complexity index is 2490. The Hall–Kier alpha value is -6.35. The highest BCUT2D eigenvalue weighted by molar-refractivity contribution is 5.95. The van der Waals surface area contributed by atoms with E-state index in [1.807, 2.05) is 32.0 Å². The van der Waals surface area contributed by atoms with Crippen LogP contribution in [0.25, 0.3) is 33.3 Å². The van der Waals surface area contributed by atoms with Crippen LogP contribution in [0.15, 0.2) is 78.4 Å². The Labute approximate surface area is 354 Å². The Kier molecular flexibility index (Phi) is 11.3. The number of benzene rings is 2. The van der Waals surface area contributed by atoms with E-state index in [1.165, 1.54) is 22.3 Å². The number of aromatic hydroxyl groups is 1. The van der Waals surface area contributed by atoms with E-state index in [2.05, 4.69) is 52.2 Å². The molecule has 4 N–H and O–H groups in total. The maximum atomic E-state index is 14.7. The van der Waals surface area contributed by atoms with Gasteiger partial charge >= 0.3 is 0 Å². The summed E-state index contributed by atoms with van der Waals surface area (Å²) in [5.41, 5.74) is 8.73. The Balaban J connectivity index is 1.18. The zero-order valence-corrected chi connectivity index (χ0v) is 35.3. The van der Waals surface area contributed by atoms with Crippen LogP contribution < -0.4 is 10.7 Å². The lowest BCUT2D eigenvalue weighted by atomic mass is 9.82. The summed E-state index contributed by atoms with van der Waals surface area (Å²) in [6, 6.07) is 8.92. The summed E-state index contributed by atoms with van der Waals surface area (Å²) in [5.74, 6) is -0.972. The number of hydrazine groups is 1. The predicted molar refractivity (Wildman–Crippen MR) is 228 cm³/mol. The molecule has 0 saturated carbocycles. The van der Waals surface area contributed by atoms with Crippen LogP contribution in [-0.4, -0.2) is 102 Å². The number of nitrogens with zero attached hydrogens (tertiary/aromatic N) is 6.